The van der Waals surface area contributed by atoms with Gasteiger partial charge in [-0.1, -0.05) is 13.8 Å². The van der Waals surface area contributed by atoms with E-state index in [1.54, 1.807) is 29.2 Å². The molecule has 3 heterocycles. The van der Waals surface area contributed by atoms with Crippen molar-refractivity contribution in [3.8, 4) is 17.0 Å². The zero-order valence-electron chi connectivity index (χ0n) is 18.6. The number of benzene rings is 1. The Morgan fingerprint density at radius 2 is 1.81 bits per heavy atom. The van der Waals surface area contributed by atoms with E-state index in [-0.39, 0.29) is 29.0 Å². The average Bonchev–Trinajstić information content (AvgIpc) is 3.23. The minimum Gasteiger partial charge on any atom is -0.497 e. The van der Waals surface area contributed by atoms with E-state index in [9.17, 15) is 18.0 Å². The van der Waals surface area contributed by atoms with Crippen molar-refractivity contribution >= 4 is 11.6 Å². The first-order valence-corrected chi connectivity index (χ1v) is 10.7. The van der Waals surface area contributed by atoms with Gasteiger partial charge >= 0.3 is 6.18 Å². The Kier molecular flexibility index (Phi) is 7.06. The zero-order chi connectivity index (χ0) is 23.5. The second-order valence-corrected chi connectivity index (χ2v) is 7.40. The van der Waals surface area contributed by atoms with Crippen LogP contribution in [0.15, 0.2) is 36.4 Å². The number of ether oxygens (including phenoxy) is 1. The molecule has 0 aliphatic carbocycles. The summed E-state index contributed by atoms with van der Waals surface area (Å²) in [7, 11) is 1.51. The lowest BCUT2D eigenvalue weighted by molar-refractivity contribution is -0.142. The molecule has 0 bridgehead atoms. The van der Waals surface area contributed by atoms with Crippen LogP contribution in [0.4, 0.5) is 13.2 Å². The molecule has 6 nitrogen and oxygen atoms in total. The average molecular weight is 448 g/mol. The first-order valence-electron chi connectivity index (χ1n) is 10.7. The number of aromatic nitrogens is 3. The molecule has 1 unspecified atom stereocenters. The van der Waals surface area contributed by atoms with Gasteiger partial charge in [-0.25, -0.2) is 9.50 Å². The molecule has 4 rings (SSSR count). The van der Waals surface area contributed by atoms with Crippen molar-refractivity contribution < 1.29 is 22.7 Å². The normalized spacial score (nSPS) is 16.5. The van der Waals surface area contributed by atoms with Crippen molar-refractivity contribution in [2.24, 2.45) is 0 Å². The van der Waals surface area contributed by atoms with E-state index in [1.807, 2.05) is 20.8 Å². The highest BCUT2D eigenvalue weighted by atomic mass is 19.4. The quantitative estimate of drug-likeness (QED) is 0.534. The van der Waals surface area contributed by atoms with Gasteiger partial charge in [-0.2, -0.15) is 18.3 Å². The lowest BCUT2D eigenvalue weighted by Gasteiger charge is -2.32. The van der Waals surface area contributed by atoms with Gasteiger partial charge in [-0.3, -0.25) is 4.79 Å². The highest BCUT2D eigenvalue weighted by Crippen LogP contribution is 2.33. The predicted molar refractivity (Wildman–Crippen MR) is 116 cm³/mol. The summed E-state index contributed by atoms with van der Waals surface area (Å²) in [6.07, 6.45) is -1.89. The number of amides is 1. The summed E-state index contributed by atoms with van der Waals surface area (Å²) in [5.41, 5.74) is -0.397. The second kappa shape index (κ2) is 9.58. The summed E-state index contributed by atoms with van der Waals surface area (Å²) in [6.45, 7) is 6.51. The topological polar surface area (TPSA) is 59.7 Å². The molecule has 0 radical (unpaired) electrons. The Morgan fingerprint density at radius 3 is 2.41 bits per heavy atom. The van der Waals surface area contributed by atoms with Crippen LogP contribution in [0.5, 0.6) is 5.75 Å². The first kappa shape index (κ1) is 23.6. The number of fused-ring (bicyclic) bond motifs is 1. The van der Waals surface area contributed by atoms with Gasteiger partial charge in [0, 0.05) is 24.2 Å². The van der Waals surface area contributed by atoms with Gasteiger partial charge in [0.25, 0.3) is 5.91 Å². The van der Waals surface area contributed by atoms with Crippen LogP contribution in [0.1, 0.15) is 56.2 Å². The van der Waals surface area contributed by atoms with Gasteiger partial charge in [0.05, 0.1) is 12.8 Å². The number of likely N-dealkylation sites (tertiary alicyclic amines) is 1. The Balaban J connectivity index is 0.00000141. The SMILES string of the molecule is CC.COc1ccc(-c2cc(C(F)(F)F)n3nc(C(=O)N4CCCCC4C)cc3n2)cc1. The van der Waals surface area contributed by atoms with Gasteiger partial charge in [-0.15, -0.1) is 0 Å². The van der Waals surface area contributed by atoms with Crippen molar-refractivity contribution in [2.45, 2.75) is 52.3 Å². The molecule has 1 atom stereocenters. The summed E-state index contributed by atoms with van der Waals surface area (Å²) in [6, 6.07) is 8.87. The van der Waals surface area contributed by atoms with Crippen LogP contribution in [0.2, 0.25) is 0 Å². The Morgan fingerprint density at radius 1 is 1.12 bits per heavy atom. The van der Waals surface area contributed by atoms with Gasteiger partial charge < -0.3 is 9.64 Å². The summed E-state index contributed by atoms with van der Waals surface area (Å²) in [5, 5.41) is 3.97. The van der Waals surface area contributed by atoms with E-state index in [2.05, 4.69) is 10.1 Å². The van der Waals surface area contributed by atoms with Crippen molar-refractivity contribution in [3.63, 3.8) is 0 Å². The third kappa shape index (κ3) is 4.71. The van der Waals surface area contributed by atoms with Crippen LogP contribution in [-0.4, -0.2) is 45.1 Å². The number of alkyl halides is 3. The van der Waals surface area contributed by atoms with E-state index in [4.69, 9.17) is 4.74 Å². The third-order valence-electron chi connectivity index (χ3n) is 5.39. The zero-order valence-corrected chi connectivity index (χ0v) is 18.6. The molecule has 0 saturated carbocycles. The molecule has 32 heavy (non-hydrogen) atoms. The van der Waals surface area contributed by atoms with Gasteiger partial charge in [-0.05, 0) is 56.5 Å². The molecule has 1 aliphatic heterocycles. The minimum atomic E-state index is -4.66. The van der Waals surface area contributed by atoms with Gasteiger partial charge in [0.1, 0.15) is 5.75 Å². The Labute approximate surface area is 185 Å². The maximum absolute atomic E-state index is 13.8. The largest absolute Gasteiger partial charge is 0.497 e. The summed E-state index contributed by atoms with van der Waals surface area (Å²) in [5.74, 6) is 0.218. The van der Waals surface area contributed by atoms with E-state index >= 15 is 0 Å². The van der Waals surface area contributed by atoms with Crippen LogP contribution >= 0.6 is 0 Å². The number of carbonyl (C=O) groups is 1. The maximum Gasteiger partial charge on any atom is 0.433 e. The van der Waals surface area contributed by atoms with Crippen molar-refractivity contribution in [2.75, 3.05) is 13.7 Å². The van der Waals surface area contributed by atoms with Crippen LogP contribution in [0.3, 0.4) is 0 Å². The Bertz CT molecular complexity index is 1080. The fourth-order valence-corrected chi connectivity index (χ4v) is 3.74. The summed E-state index contributed by atoms with van der Waals surface area (Å²) < 4.78 is 47.1. The van der Waals surface area contributed by atoms with Crippen molar-refractivity contribution in [1.82, 2.24) is 19.5 Å². The lowest BCUT2D eigenvalue weighted by Crippen LogP contribution is -2.42. The molecule has 0 spiro atoms. The van der Waals surface area contributed by atoms with Crippen LogP contribution < -0.4 is 4.74 Å². The number of methoxy groups -OCH3 is 1. The van der Waals surface area contributed by atoms with E-state index in [0.717, 1.165) is 25.3 Å². The van der Waals surface area contributed by atoms with Crippen LogP contribution in [0.25, 0.3) is 16.9 Å². The minimum absolute atomic E-state index is 0.0244. The summed E-state index contributed by atoms with van der Waals surface area (Å²) in [4.78, 5) is 18.9. The molecule has 0 N–H and O–H groups in total. The molecule has 1 aromatic carbocycles. The van der Waals surface area contributed by atoms with Crippen LogP contribution in [0, 0.1) is 0 Å². The summed E-state index contributed by atoms with van der Waals surface area (Å²) >= 11 is 0. The molecule has 172 valence electrons. The number of nitrogens with zero attached hydrogens (tertiary/aromatic N) is 4. The molecule has 1 saturated heterocycles. The molecular formula is C23H27F3N4O2. The fourth-order valence-electron chi connectivity index (χ4n) is 3.74. The number of hydrogen-bond acceptors (Lipinski definition) is 4. The van der Waals surface area contributed by atoms with Gasteiger partial charge in [0.15, 0.2) is 17.0 Å². The fraction of sp³-hybridized carbons (Fsp3) is 0.435. The lowest BCUT2D eigenvalue weighted by atomic mass is 10.0. The monoisotopic (exact) mass is 448 g/mol. The highest BCUT2D eigenvalue weighted by molar-refractivity contribution is 5.93. The predicted octanol–water partition coefficient (Wildman–Crippen LogP) is 5.46. The molecule has 3 aromatic rings. The number of halogens is 3. The molecule has 1 aliphatic rings. The molecule has 1 amide bonds. The first-order chi connectivity index (χ1) is 15.3. The highest BCUT2D eigenvalue weighted by Gasteiger charge is 2.36. The van der Waals surface area contributed by atoms with Crippen LogP contribution in [-0.2, 0) is 6.18 Å². The molecular weight excluding hydrogens is 421 g/mol. The number of piperidine rings is 1. The maximum atomic E-state index is 13.8. The second-order valence-electron chi connectivity index (χ2n) is 7.40. The Hall–Kier alpha value is -3.10. The smallest absolute Gasteiger partial charge is 0.433 e. The van der Waals surface area contributed by atoms with Crippen molar-refractivity contribution in [1.29, 1.82) is 0 Å². The van der Waals surface area contributed by atoms with E-state index < -0.39 is 11.9 Å². The molecule has 2 aromatic heterocycles. The number of rotatable bonds is 3. The number of hydrogen-bond donors (Lipinski definition) is 0. The van der Waals surface area contributed by atoms with Gasteiger partial charge in [0.2, 0.25) is 0 Å². The number of carbonyl (C=O) groups excluding carboxylic acids is 1. The molecule has 1 fully saturated rings. The van der Waals surface area contributed by atoms with E-state index in [1.165, 1.54) is 13.2 Å². The standard InChI is InChI=1S/C21H21F3N4O2.C2H6/c1-13-5-3-4-10-27(13)20(29)17-12-19-25-16(14-6-8-15(30-2)9-7-14)11-18(21(22,23)24)28(19)26-17;1-2/h6-9,11-13H,3-5,10H2,1-2H3;1-2H3. The molecule has 9 heteroatoms. The third-order valence-corrected chi connectivity index (χ3v) is 5.39. The van der Waals surface area contributed by atoms with Crippen molar-refractivity contribution in [3.05, 3.63) is 47.8 Å². The van der Waals surface area contributed by atoms with E-state index in [0.29, 0.717) is 22.4 Å².